The highest BCUT2D eigenvalue weighted by Gasteiger charge is 2.28. The van der Waals surface area contributed by atoms with Gasteiger partial charge in [-0.3, -0.25) is 4.79 Å². The number of nitrogens with zero attached hydrogens (tertiary/aromatic N) is 3. The van der Waals surface area contributed by atoms with Crippen LogP contribution >= 0.6 is 23.2 Å². The molecule has 12 heteroatoms. The number of halogens is 2. The van der Waals surface area contributed by atoms with Gasteiger partial charge in [-0.15, -0.1) is 0 Å². The lowest BCUT2D eigenvalue weighted by atomic mass is 9.90. The Balaban J connectivity index is 1.56. The number of benzene rings is 1. The molecule has 2 fully saturated rings. The van der Waals surface area contributed by atoms with Crippen molar-refractivity contribution >= 4 is 51.7 Å². The fourth-order valence-electron chi connectivity index (χ4n) is 5.18. The number of ether oxygens (including phenoxy) is 4. The molecule has 0 unspecified atom stereocenters. The van der Waals surface area contributed by atoms with Crippen LogP contribution in [0.1, 0.15) is 25.7 Å². The number of methoxy groups -OCH3 is 2. The van der Waals surface area contributed by atoms with Gasteiger partial charge in [0.25, 0.3) is 0 Å². The van der Waals surface area contributed by atoms with Crippen LogP contribution in [0.25, 0.3) is 22.2 Å². The summed E-state index contributed by atoms with van der Waals surface area (Å²) >= 11 is 13.5. The van der Waals surface area contributed by atoms with Crippen LogP contribution < -0.4 is 20.1 Å². The summed E-state index contributed by atoms with van der Waals surface area (Å²) in [7, 11) is 3.06. The van der Waals surface area contributed by atoms with Crippen LogP contribution in [0.2, 0.25) is 10.0 Å². The molecule has 0 aliphatic carbocycles. The number of fused-ring (bicyclic) bond motifs is 1. The van der Waals surface area contributed by atoms with Gasteiger partial charge in [0.15, 0.2) is 11.6 Å². The van der Waals surface area contributed by atoms with E-state index < -0.39 is 0 Å². The van der Waals surface area contributed by atoms with E-state index in [1.54, 1.807) is 12.3 Å². The summed E-state index contributed by atoms with van der Waals surface area (Å²) in [6, 6.07) is 3.51. The van der Waals surface area contributed by atoms with Crippen molar-refractivity contribution in [2.24, 2.45) is 5.92 Å². The Labute approximate surface area is 248 Å². The average molecular weight is 603 g/mol. The molecule has 4 heterocycles. The Morgan fingerprint density at radius 3 is 2.44 bits per heavy atom. The number of allylic oxidation sites excluding steroid dienone is 1. The SMILES string of the molecule is C=CC(=O)C[C@H]1CCOC[C@H]1Nc1ncc2cc(-c3c(Cl)c(OC)cc(OC)c3Cl)nc(NC3CCOCC3)c2n1. The van der Waals surface area contributed by atoms with E-state index in [4.69, 9.17) is 52.1 Å². The molecule has 10 nitrogen and oxygen atoms in total. The lowest BCUT2D eigenvalue weighted by Gasteiger charge is -2.31. The maximum atomic E-state index is 12.1. The van der Waals surface area contributed by atoms with Crippen LogP contribution in [0, 0.1) is 5.92 Å². The summed E-state index contributed by atoms with van der Waals surface area (Å²) in [5.41, 5.74) is 1.64. The third-order valence-corrected chi connectivity index (χ3v) is 8.21. The summed E-state index contributed by atoms with van der Waals surface area (Å²) in [5, 5.41) is 8.33. The molecule has 5 rings (SSSR count). The van der Waals surface area contributed by atoms with Crippen LogP contribution in [-0.2, 0) is 14.3 Å². The van der Waals surface area contributed by atoms with Crippen molar-refractivity contribution < 1.29 is 23.7 Å². The van der Waals surface area contributed by atoms with Gasteiger partial charge in [-0.25, -0.2) is 15.0 Å². The molecule has 0 spiro atoms. The molecule has 0 amide bonds. The quantitative estimate of drug-likeness (QED) is 0.286. The Morgan fingerprint density at radius 1 is 1.05 bits per heavy atom. The molecule has 2 aromatic heterocycles. The third-order valence-electron chi connectivity index (χ3n) is 7.46. The molecule has 1 aromatic carbocycles. The lowest BCUT2D eigenvalue weighted by Crippen LogP contribution is -2.40. The monoisotopic (exact) mass is 601 g/mol. The van der Waals surface area contributed by atoms with E-state index in [0.29, 0.717) is 82.9 Å². The van der Waals surface area contributed by atoms with Gasteiger partial charge in [-0.1, -0.05) is 29.8 Å². The fourth-order valence-corrected chi connectivity index (χ4v) is 5.87. The Bertz CT molecular complexity index is 1400. The average Bonchev–Trinajstić information content (AvgIpc) is 2.99. The smallest absolute Gasteiger partial charge is 0.223 e. The maximum absolute atomic E-state index is 12.1. The Morgan fingerprint density at radius 2 is 1.76 bits per heavy atom. The highest BCUT2D eigenvalue weighted by atomic mass is 35.5. The number of carbonyl (C=O) groups is 1. The minimum absolute atomic E-state index is 0.00861. The minimum atomic E-state index is -0.119. The minimum Gasteiger partial charge on any atom is -0.495 e. The molecule has 218 valence electrons. The second-order valence-corrected chi connectivity index (χ2v) is 10.8. The number of aromatic nitrogens is 3. The number of rotatable bonds is 10. The summed E-state index contributed by atoms with van der Waals surface area (Å²) in [5.74, 6) is 1.92. The maximum Gasteiger partial charge on any atom is 0.223 e. The molecule has 0 bridgehead atoms. The zero-order valence-corrected chi connectivity index (χ0v) is 24.6. The van der Waals surface area contributed by atoms with Crippen LogP contribution in [0.5, 0.6) is 11.5 Å². The molecule has 2 aliphatic heterocycles. The Hall–Kier alpha value is -3.18. The van der Waals surface area contributed by atoms with E-state index in [-0.39, 0.29) is 23.8 Å². The first-order valence-corrected chi connectivity index (χ1v) is 14.3. The molecular formula is C29H33Cl2N5O5. The molecule has 2 aliphatic rings. The van der Waals surface area contributed by atoms with Crippen LogP contribution in [0.3, 0.4) is 0 Å². The predicted octanol–water partition coefficient (Wildman–Crippen LogP) is 5.57. The summed E-state index contributed by atoms with van der Waals surface area (Å²) in [4.78, 5) is 26.5. The molecule has 3 aromatic rings. The van der Waals surface area contributed by atoms with Crippen molar-refractivity contribution in [2.45, 2.75) is 37.8 Å². The van der Waals surface area contributed by atoms with E-state index >= 15 is 0 Å². The van der Waals surface area contributed by atoms with Gasteiger partial charge >= 0.3 is 0 Å². The summed E-state index contributed by atoms with van der Waals surface area (Å²) in [6.45, 7) is 5.99. The van der Waals surface area contributed by atoms with Gasteiger partial charge < -0.3 is 29.6 Å². The first kappa shape index (κ1) is 29.3. The predicted molar refractivity (Wildman–Crippen MR) is 160 cm³/mol. The topological polar surface area (TPSA) is 117 Å². The van der Waals surface area contributed by atoms with Gasteiger partial charge in [-0.05, 0) is 37.3 Å². The third kappa shape index (κ3) is 6.51. The number of anilines is 2. The number of carbonyl (C=O) groups excluding carboxylic acids is 1. The molecule has 0 saturated carbocycles. The van der Waals surface area contributed by atoms with Gasteiger partial charge in [0.1, 0.15) is 17.0 Å². The normalized spacial score (nSPS) is 19.5. The summed E-state index contributed by atoms with van der Waals surface area (Å²) in [6.07, 6.45) is 5.92. The molecular weight excluding hydrogens is 569 g/mol. The van der Waals surface area contributed by atoms with Crippen LogP contribution in [-0.4, -0.2) is 73.5 Å². The molecule has 41 heavy (non-hydrogen) atoms. The van der Waals surface area contributed by atoms with Crippen LogP contribution in [0.4, 0.5) is 11.8 Å². The van der Waals surface area contributed by atoms with Gasteiger partial charge in [0, 0.05) is 55.5 Å². The zero-order chi connectivity index (χ0) is 28.9. The molecule has 2 saturated heterocycles. The fraction of sp³-hybridized carbons (Fsp3) is 0.448. The second kappa shape index (κ2) is 13.2. The van der Waals surface area contributed by atoms with Crippen molar-refractivity contribution in [3.05, 3.63) is 41.0 Å². The zero-order valence-electron chi connectivity index (χ0n) is 23.0. The van der Waals surface area contributed by atoms with Gasteiger partial charge in [0.05, 0.1) is 42.6 Å². The molecule has 2 N–H and O–H groups in total. The Kier molecular flexibility index (Phi) is 9.44. The number of nitrogens with one attached hydrogen (secondary N) is 2. The largest absolute Gasteiger partial charge is 0.495 e. The van der Waals surface area contributed by atoms with E-state index in [1.165, 1.54) is 20.3 Å². The lowest BCUT2D eigenvalue weighted by molar-refractivity contribution is -0.116. The number of pyridine rings is 1. The van der Waals surface area contributed by atoms with E-state index in [0.717, 1.165) is 24.6 Å². The van der Waals surface area contributed by atoms with Gasteiger partial charge in [-0.2, -0.15) is 0 Å². The highest BCUT2D eigenvalue weighted by molar-refractivity contribution is 6.41. The van der Waals surface area contributed by atoms with Crippen molar-refractivity contribution in [1.82, 2.24) is 15.0 Å². The number of ketones is 1. The first-order valence-electron chi connectivity index (χ1n) is 13.5. The first-order chi connectivity index (χ1) is 19.9. The van der Waals surface area contributed by atoms with E-state index in [9.17, 15) is 4.79 Å². The molecule has 0 radical (unpaired) electrons. The summed E-state index contributed by atoms with van der Waals surface area (Å²) < 4.78 is 22.2. The molecule has 2 atom stereocenters. The highest BCUT2D eigenvalue weighted by Crippen LogP contribution is 2.46. The van der Waals surface area contributed by atoms with Gasteiger partial charge in [0.2, 0.25) is 5.95 Å². The van der Waals surface area contributed by atoms with Crippen molar-refractivity contribution in [3.63, 3.8) is 0 Å². The van der Waals surface area contributed by atoms with E-state index in [2.05, 4.69) is 22.2 Å². The van der Waals surface area contributed by atoms with Crippen molar-refractivity contribution in [3.8, 4) is 22.8 Å². The van der Waals surface area contributed by atoms with E-state index in [1.807, 2.05) is 6.07 Å². The standard InChI is InChI=1S/C29H33Cl2N5O5/c1-4-19(37)11-16-5-8-41-15-21(16)35-29-32-14-17-12-20(24-25(30)22(38-2)13-23(39-3)26(24)31)34-28(27(17)36-29)33-18-6-9-40-10-7-18/h4,12-14,16,18,21H,1,5-11,15H2,2-3H3,(H,33,34)(H,32,35,36)/t16-,21-/m1/s1. The second-order valence-electron chi connectivity index (χ2n) is 10.1. The number of hydrogen-bond acceptors (Lipinski definition) is 10. The number of hydrogen-bond donors (Lipinski definition) is 2. The van der Waals surface area contributed by atoms with Crippen molar-refractivity contribution in [2.75, 3.05) is 51.3 Å². The van der Waals surface area contributed by atoms with Crippen LogP contribution in [0.15, 0.2) is 31.0 Å². The van der Waals surface area contributed by atoms with Crippen molar-refractivity contribution in [1.29, 1.82) is 0 Å².